The van der Waals surface area contributed by atoms with E-state index in [4.69, 9.17) is 4.84 Å². The van der Waals surface area contributed by atoms with E-state index < -0.39 is 16.1 Å². The molecule has 0 radical (unpaired) electrons. The fourth-order valence-corrected chi connectivity index (χ4v) is 2.98. The molecule has 6 nitrogen and oxygen atoms in total. The number of rotatable bonds is 5. The zero-order chi connectivity index (χ0) is 18.9. The lowest BCUT2D eigenvalue weighted by molar-refractivity contribution is -0.790. The molecule has 0 bridgehead atoms. The van der Waals surface area contributed by atoms with Crippen molar-refractivity contribution in [1.82, 2.24) is 9.55 Å². The van der Waals surface area contributed by atoms with Crippen LogP contribution in [0.5, 0.6) is 0 Å². The van der Waals surface area contributed by atoms with Gasteiger partial charge in [0, 0.05) is 12.4 Å². The van der Waals surface area contributed by atoms with E-state index in [1.165, 1.54) is 5.56 Å². The molecule has 2 aromatic rings. The van der Waals surface area contributed by atoms with Gasteiger partial charge in [-0.15, -0.1) is 10.1 Å². The summed E-state index contributed by atoms with van der Waals surface area (Å²) >= 11 is 0. The van der Waals surface area contributed by atoms with E-state index in [9.17, 15) is 10.1 Å². The Kier molecular flexibility index (Phi) is 4.93. The third-order valence-electron chi connectivity index (χ3n) is 4.62. The van der Waals surface area contributed by atoms with Crippen LogP contribution in [0.1, 0.15) is 52.7 Å². The summed E-state index contributed by atoms with van der Waals surface area (Å²) in [6.07, 6.45) is 5.09. The summed E-state index contributed by atoms with van der Waals surface area (Å²) in [7, 11) is 0. The van der Waals surface area contributed by atoms with E-state index in [-0.39, 0.29) is 5.41 Å². The van der Waals surface area contributed by atoms with Crippen LogP contribution in [-0.4, -0.2) is 14.6 Å². The molecule has 0 spiro atoms. The zero-order valence-corrected chi connectivity index (χ0v) is 15.8. The van der Waals surface area contributed by atoms with Crippen LogP contribution >= 0.6 is 0 Å². The molecule has 0 aliphatic rings. The second kappa shape index (κ2) is 6.50. The Bertz CT molecular complexity index is 710. The predicted octanol–water partition coefficient (Wildman–Crippen LogP) is 4.33. The zero-order valence-electron chi connectivity index (χ0n) is 15.8. The van der Waals surface area contributed by atoms with Crippen molar-refractivity contribution in [3.05, 3.63) is 64.2 Å². The van der Waals surface area contributed by atoms with Crippen LogP contribution in [0.25, 0.3) is 0 Å². The molecular weight excluding hydrogens is 318 g/mol. The lowest BCUT2D eigenvalue weighted by atomic mass is 9.71. The van der Waals surface area contributed by atoms with Gasteiger partial charge < -0.3 is 9.40 Å². The highest BCUT2D eigenvalue weighted by Gasteiger charge is 2.48. The third-order valence-corrected chi connectivity index (χ3v) is 4.62. The molecule has 0 fully saturated rings. The molecule has 6 heteroatoms. The first-order chi connectivity index (χ1) is 11.5. The molecule has 1 aromatic heterocycles. The molecule has 0 aliphatic carbocycles. The van der Waals surface area contributed by atoms with E-state index in [2.05, 4.69) is 25.8 Å². The van der Waals surface area contributed by atoms with E-state index in [0.29, 0.717) is 6.54 Å². The molecule has 0 N–H and O–H groups in total. The Balaban J connectivity index is 2.58. The summed E-state index contributed by atoms with van der Waals surface area (Å²) in [4.78, 5) is 20.8. The molecule has 0 amide bonds. The van der Waals surface area contributed by atoms with Gasteiger partial charge in [0.2, 0.25) is 0 Å². The minimum atomic E-state index is -1.13. The van der Waals surface area contributed by atoms with Gasteiger partial charge in [0.1, 0.15) is 0 Å². The summed E-state index contributed by atoms with van der Waals surface area (Å²) in [6, 6.07) is 7.92. The molecule has 0 saturated heterocycles. The summed E-state index contributed by atoms with van der Waals surface area (Å²) < 4.78 is 1.81. The fourth-order valence-electron chi connectivity index (χ4n) is 2.98. The average Bonchev–Trinajstić information content (AvgIpc) is 2.97. The highest BCUT2D eigenvalue weighted by atomic mass is 17.0. The van der Waals surface area contributed by atoms with Gasteiger partial charge in [0.15, 0.2) is 5.60 Å². The Morgan fingerprint density at radius 2 is 1.64 bits per heavy atom. The maximum absolute atomic E-state index is 11.3. The standard InChI is InChI=1S/C19H27N3O3/c1-17(2,3)15-7-9-16(10-8-15)19(18(4,5)6,25-22(23)24)13-21-12-11-20-14-21/h7-12,14H,13H2,1-6H3. The Morgan fingerprint density at radius 1 is 1.08 bits per heavy atom. The van der Waals surface area contributed by atoms with Crippen LogP contribution in [0.4, 0.5) is 0 Å². The van der Waals surface area contributed by atoms with Crippen LogP contribution in [0.15, 0.2) is 43.0 Å². The molecule has 1 atom stereocenters. The van der Waals surface area contributed by atoms with Crippen molar-refractivity contribution in [2.75, 3.05) is 0 Å². The Labute approximate surface area is 148 Å². The maximum atomic E-state index is 11.3. The van der Waals surface area contributed by atoms with Crippen molar-refractivity contribution < 1.29 is 9.92 Å². The van der Waals surface area contributed by atoms with Crippen molar-refractivity contribution in [3.8, 4) is 0 Å². The molecule has 1 unspecified atom stereocenters. The van der Waals surface area contributed by atoms with E-state index in [1.807, 2.05) is 49.6 Å². The van der Waals surface area contributed by atoms with Crippen LogP contribution in [0.3, 0.4) is 0 Å². The van der Waals surface area contributed by atoms with Crippen LogP contribution in [-0.2, 0) is 22.4 Å². The average molecular weight is 345 g/mol. The second-order valence-electron chi connectivity index (χ2n) is 8.45. The molecule has 136 valence electrons. The lowest BCUT2D eigenvalue weighted by Gasteiger charge is -2.43. The van der Waals surface area contributed by atoms with Gasteiger partial charge in [-0.05, 0) is 22.0 Å². The summed E-state index contributed by atoms with van der Waals surface area (Å²) in [5.41, 5.74) is 0.305. The summed E-state index contributed by atoms with van der Waals surface area (Å²) in [6.45, 7) is 12.6. The normalized spacial score (nSPS) is 14.8. The van der Waals surface area contributed by atoms with Gasteiger partial charge in [-0.25, -0.2) is 4.98 Å². The number of benzene rings is 1. The number of nitrogens with zero attached hydrogens (tertiary/aromatic N) is 3. The molecule has 0 saturated carbocycles. The van der Waals surface area contributed by atoms with Crippen LogP contribution < -0.4 is 0 Å². The topological polar surface area (TPSA) is 70.2 Å². The van der Waals surface area contributed by atoms with Crippen molar-refractivity contribution in [3.63, 3.8) is 0 Å². The number of hydrogen-bond acceptors (Lipinski definition) is 4. The van der Waals surface area contributed by atoms with Gasteiger partial charge >= 0.3 is 0 Å². The van der Waals surface area contributed by atoms with Crippen LogP contribution in [0.2, 0.25) is 0 Å². The summed E-state index contributed by atoms with van der Waals surface area (Å²) in [5.74, 6) is 0. The lowest BCUT2D eigenvalue weighted by Crippen LogP contribution is -2.47. The SMILES string of the molecule is CC(C)(C)c1ccc(C(Cn2ccnc2)(O[N+](=O)[O-])C(C)(C)C)cc1. The highest BCUT2D eigenvalue weighted by molar-refractivity contribution is 5.32. The van der Waals surface area contributed by atoms with Crippen LogP contribution in [0, 0.1) is 15.5 Å². The first kappa shape index (κ1) is 19.0. The minimum Gasteiger partial charge on any atom is -0.335 e. The maximum Gasteiger partial charge on any atom is 0.295 e. The van der Waals surface area contributed by atoms with Crippen molar-refractivity contribution in [2.45, 2.75) is 59.1 Å². The minimum absolute atomic E-state index is 0.0111. The fraction of sp³-hybridized carbons (Fsp3) is 0.526. The van der Waals surface area contributed by atoms with Crippen molar-refractivity contribution in [1.29, 1.82) is 0 Å². The quantitative estimate of drug-likeness (QED) is 0.597. The van der Waals surface area contributed by atoms with Gasteiger partial charge in [0.05, 0.1) is 12.9 Å². The molecular formula is C19H27N3O3. The van der Waals surface area contributed by atoms with Gasteiger partial charge in [-0.1, -0.05) is 65.8 Å². The van der Waals surface area contributed by atoms with Gasteiger partial charge in [-0.2, -0.15) is 0 Å². The number of hydrogen-bond donors (Lipinski definition) is 0. The second-order valence-corrected chi connectivity index (χ2v) is 8.45. The molecule has 1 aromatic carbocycles. The molecule has 1 heterocycles. The predicted molar refractivity (Wildman–Crippen MR) is 96.6 cm³/mol. The molecule has 0 aliphatic heterocycles. The third kappa shape index (κ3) is 4.00. The van der Waals surface area contributed by atoms with E-state index >= 15 is 0 Å². The van der Waals surface area contributed by atoms with E-state index in [1.54, 1.807) is 18.7 Å². The van der Waals surface area contributed by atoms with Gasteiger partial charge in [0.25, 0.3) is 5.09 Å². The molecule has 2 rings (SSSR count). The Hall–Kier alpha value is -2.37. The number of aromatic nitrogens is 2. The van der Waals surface area contributed by atoms with Crippen molar-refractivity contribution >= 4 is 0 Å². The first-order valence-corrected chi connectivity index (χ1v) is 8.36. The Morgan fingerprint density at radius 3 is 2.04 bits per heavy atom. The number of imidazole rings is 1. The summed E-state index contributed by atoms with van der Waals surface area (Å²) in [5, 5.41) is 10.7. The smallest absolute Gasteiger partial charge is 0.295 e. The van der Waals surface area contributed by atoms with E-state index in [0.717, 1.165) is 5.56 Å². The monoisotopic (exact) mass is 345 g/mol. The first-order valence-electron chi connectivity index (χ1n) is 8.36. The molecule has 25 heavy (non-hydrogen) atoms. The van der Waals surface area contributed by atoms with Crippen molar-refractivity contribution in [2.24, 2.45) is 5.41 Å². The largest absolute Gasteiger partial charge is 0.335 e. The highest BCUT2D eigenvalue weighted by Crippen LogP contribution is 2.44. The van der Waals surface area contributed by atoms with Gasteiger partial charge in [-0.3, -0.25) is 0 Å².